The third-order valence-electron chi connectivity index (χ3n) is 2.94. The molecular weight excluding hydrogens is 178 g/mol. The molecule has 0 aliphatic carbocycles. The van der Waals surface area contributed by atoms with Gasteiger partial charge in [-0.1, -0.05) is 0 Å². The van der Waals surface area contributed by atoms with E-state index in [1.807, 2.05) is 0 Å². The minimum Gasteiger partial charge on any atom is -0.385 e. The van der Waals surface area contributed by atoms with Crippen LogP contribution in [0.5, 0.6) is 0 Å². The van der Waals surface area contributed by atoms with Crippen molar-refractivity contribution in [3.63, 3.8) is 0 Å². The number of hydrogen-bond acceptors (Lipinski definition) is 3. The molecule has 1 aliphatic heterocycles. The van der Waals surface area contributed by atoms with Gasteiger partial charge in [-0.2, -0.15) is 0 Å². The number of likely N-dealkylation sites (tertiary alicyclic amines) is 1. The highest BCUT2D eigenvalue weighted by atomic mass is 16.5. The van der Waals surface area contributed by atoms with Crippen LogP contribution in [0.4, 0.5) is 0 Å². The summed E-state index contributed by atoms with van der Waals surface area (Å²) in [4.78, 5) is 2.51. The van der Waals surface area contributed by atoms with Gasteiger partial charge in [0.1, 0.15) is 0 Å². The van der Waals surface area contributed by atoms with Crippen LogP contribution in [-0.2, 0) is 9.47 Å². The summed E-state index contributed by atoms with van der Waals surface area (Å²) >= 11 is 0. The number of rotatable bonds is 6. The summed E-state index contributed by atoms with van der Waals surface area (Å²) in [6, 6.07) is 0. The first-order valence-electron chi connectivity index (χ1n) is 5.57. The lowest BCUT2D eigenvalue weighted by atomic mass is 9.95. The third-order valence-corrected chi connectivity index (χ3v) is 2.94. The van der Waals surface area contributed by atoms with Gasteiger partial charge in [-0.3, -0.25) is 0 Å². The summed E-state index contributed by atoms with van der Waals surface area (Å²) < 4.78 is 10.2. The zero-order valence-electron chi connectivity index (χ0n) is 9.50. The van der Waals surface area contributed by atoms with E-state index in [0.717, 1.165) is 25.7 Å². The van der Waals surface area contributed by atoms with Crippen molar-refractivity contribution in [3.05, 3.63) is 0 Å². The summed E-state index contributed by atoms with van der Waals surface area (Å²) in [6.07, 6.45) is 3.91. The smallest absolute Gasteiger partial charge is 0.0589 e. The largest absolute Gasteiger partial charge is 0.385 e. The van der Waals surface area contributed by atoms with Gasteiger partial charge in [-0.05, 0) is 31.7 Å². The fourth-order valence-corrected chi connectivity index (χ4v) is 2.09. The fourth-order valence-electron chi connectivity index (χ4n) is 2.09. The zero-order valence-corrected chi connectivity index (χ0v) is 9.50. The number of piperidine rings is 1. The van der Waals surface area contributed by atoms with Gasteiger partial charge < -0.3 is 14.4 Å². The Morgan fingerprint density at radius 1 is 1.21 bits per heavy atom. The summed E-state index contributed by atoms with van der Waals surface area (Å²) in [5.74, 6) is 0.834. The van der Waals surface area contributed by atoms with Crippen molar-refractivity contribution in [2.75, 3.05) is 47.1 Å². The Bertz CT molecular complexity index is 127. The van der Waals surface area contributed by atoms with Gasteiger partial charge in [0.05, 0.1) is 6.61 Å². The van der Waals surface area contributed by atoms with E-state index in [1.54, 1.807) is 14.2 Å². The average Bonchev–Trinajstić information content (AvgIpc) is 2.24. The van der Waals surface area contributed by atoms with Crippen molar-refractivity contribution < 1.29 is 9.47 Å². The lowest BCUT2D eigenvalue weighted by Gasteiger charge is -2.32. The van der Waals surface area contributed by atoms with Gasteiger partial charge in [0.25, 0.3) is 0 Å². The number of ether oxygens (including phenoxy) is 2. The molecular formula is C11H23NO2. The highest BCUT2D eigenvalue weighted by Crippen LogP contribution is 2.19. The van der Waals surface area contributed by atoms with Crippen molar-refractivity contribution in [1.82, 2.24) is 4.90 Å². The number of nitrogens with zero attached hydrogens (tertiary/aromatic N) is 1. The highest BCUT2D eigenvalue weighted by Gasteiger charge is 2.18. The molecule has 1 aliphatic rings. The second-order valence-electron chi connectivity index (χ2n) is 4.08. The van der Waals surface area contributed by atoms with Gasteiger partial charge in [0.2, 0.25) is 0 Å². The van der Waals surface area contributed by atoms with Crippen LogP contribution in [0.25, 0.3) is 0 Å². The lowest BCUT2D eigenvalue weighted by molar-refractivity contribution is 0.0980. The predicted octanol–water partition coefficient (Wildman–Crippen LogP) is 1.38. The maximum atomic E-state index is 5.12. The van der Waals surface area contributed by atoms with Crippen LogP contribution in [-0.4, -0.2) is 52.0 Å². The maximum Gasteiger partial charge on any atom is 0.0589 e. The first-order valence-corrected chi connectivity index (χ1v) is 5.57. The lowest BCUT2D eigenvalue weighted by Crippen LogP contribution is -2.37. The molecule has 0 aromatic rings. The van der Waals surface area contributed by atoms with Gasteiger partial charge >= 0.3 is 0 Å². The Kier molecular flexibility index (Phi) is 6.15. The molecule has 0 saturated carbocycles. The molecule has 84 valence electrons. The fraction of sp³-hybridized carbons (Fsp3) is 1.00. The van der Waals surface area contributed by atoms with Crippen LogP contribution >= 0.6 is 0 Å². The number of hydrogen-bond donors (Lipinski definition) is 0. The Labute approximate surface area is 87.4 Å². The molecule has 3 heteroatoms. The molecule has 1 heterocycles. The molecule has 0 amide bonds. The van der Waals surface area contributed by atoms with E-state index in [-0.39, 0.29) is 0 Å². The monoisotopic (exact) mass is 201 g/mol. The molecule has 0 aromatic carbocycles. The molecule has 1 fully saturated rings. The second-order valence-corrected chi connectivity index (χ2v) is 4.08. The van der Waals surface area contributed by atoms with Gasteiger partial charge in [-0.25, -0.2) is 0 Å². The SMILES string of the molecule is COCC[C@H]1CCCN(CCOC)C1. The molecule has 0 spiro atoms. The molecule has 0 aromatic heterocycles. The minimum absolute atomic E-state index is 0.834. The molecule has 14 heavy (non-hydrogen) atoms. The Balaban J connectivity index is 2.14. The average molecular weight is 201 g/mol. The molecule has 1 atom stereocenters. The van der Waals surface area contributed by atoms with E-state index in [0.29, 0.717) is 0 Å². The van der Waals surface area contributed by atoms with Crippen LogP contribution in [0, 0.1) is 5.92 Å². The maximum absolute atomic E-state index is 5.12. The van der Waals surface area contributed by atoms with E-state index >= 15 is 0 Å². The van der Waals surface area contributed by atoms with E-state index in [1.165, 1.54) is 32.4 Å². The zero-order chi connectivity index (χ0) is 10.2. The minimum atomic E-state index is 0.834. The van der Waals surface area contributed by atoms with Gasteiger partial charge in [0, 0.05) is 33.9 Å². The first kappa shape index (κ1) is 12.0. The Morgan fingerprint density at radius 3 is 2.71 bits per heavy atom. The van der Waals surface area contributed by atoms with Crippen molar-refractivity contribution in [3.8, 4) is 0 Å². The van der Waals surface area contributed by atoms with Crippen LogP contribution < -0.4 is 0 Å². The van der Waals surface area contributed by atoms with E-state index < -0.39 is 0 Å². The number of methoxy groups -OCH3 is 2. The predicted molar refractivity (Wildman–Crippen MR) is 57.5 cm³/mol. The molecule has 0 N–H and O–H groups in total. The highest BCUT2D eigenvalue weighted by molar-refractivity contribution is 4.72. The first-order chi connectivity index (χ1) is 6.86. The molecule has 0 unspecified atom stereocenters. The second kappa shape index (κ2) is 7.21. The normalized spacial score (nSPS) is 24.0. The Morgan fingerprint density at radius 2 is 2.00 bits per heavy atom. The van der Waals surface area contributed by atoms with Crippen molar-refractivity contribution in [2.24, 2.45) is 5.92 Å². The van der Waals surface area contributed by atoms with Crippen molar-refractivity contribution in [1.29, 1.82) is 0 Å². The quantitative estimate of drug-likeness (QED) is 0.648. The van der Waals surface area contributed by atoms with Crippen LogP contribution in [0.3, 0.4) is 0 Å². The van der Waals surface area contributed by atoms with Crippen LogP contribution in [0.15, 0.2) is 0 Å². The molecule has 0 radical (unpaired) electrons. The molecule has 3 nitrogen and oxygen atoms in total. The van der Waals surface area contributed by atoms with E-state index in [9.17, 15) is 0 Å². The standard InChI is InChI=1S/C11H23NO2/c1-13-8-5-11-4-3-6-12(10-11)7-9-14-2/h11H,3-10H2,1-2H3/t11-/m1/s1. The van der Waals surface area contributed by atoms with Crippen molar-refractivity contribution >= 4 is 0 Å². The van der Waals surface area contributed by atoms with Gasteiger partial charge in [0.15, 0.2) is 0 Å². The Hall–Kier alpha value is -0.120. The third kappa shape index (κ3) is 4.40. The van der Waals surface area contributed by atoms with E-state index in [2.05, 4.69) is 4.90 Å². The summed E-state index contributed by atoms with van der Waals surface area (Å²) in [5.41, 5.74) is 0. The van der Waals surface area contributed by atoms with Gasteiger partial charge in [-0.15, -0.1) is 0 Å². The summed E-state index contributed by atoms with van der Waals surface area (Å²) in [7, 11) is 3.55. The molecule has 1 rings (SSSR count). The van der Waals surface area contributed by atoms with Crippen LogP contribution in [0.2, 0.25) is 0 Å². The topological polar surface area (TPSA) is 21.7 Å². The summed E-state index contributed by atoms with van der Waals surface area (Å²) in [5, 5.41) is 0. The van der Waals surface area contributed by atoms with Crippen molar-refractivity contribution in [2.45, 2.75) is 19.3 Å². The molecule has 0 bridgehead atoms. The van der Waals surface area contributed by atoms with Crippen LogP contribution in [0.1, 0.15) is 19.3 Å². The van der Waals surface area contributed by atoms with E-state index in [4.69, 9.17) is 9.47 Å². The molecule has 1 saturated heterocycles. The summed E-state index contributed by atoms with van der Waals surface area (Å²) in [6.45, 7) is 5.32.